The molecule has 0 spiro atoms. The minimum absolute atomic E-state index is 0.00729. The highest BCUT2D eigenvalue weighted by Gasteiger charge is 2.15. The van der Waals surface area contributed by atoms with Crippen molar-refractivity contribution >= 4 is 29.1 Å². The van der Waals surface area contributed by atoms with Crippen molar-refractivity contribution in [3.8, 4) is 5.75 Å². The number of carbonyl (C=O) groups excluding carboxylic acids is 2. The van der Waals surface area contributed by atoms with Gasteiger partial charge in [-0.25, -0.2) is 0 Å². The summed E-state index contributed by atoms with van der Waals surface area (Å²) < 4.78 is 13.0. The van der Waals surface area contributed by atoms with Crippen LogP contribution in [-0.2, 0) is 13.2 Å². The van der Waals surface area contributed by atoms with E-state index in [4.69, 9.17) is 20.8 Å². The van der Waals surface area contributed by atoms with E-state index in [1.165, 1.54) is 6.92 Å². The molecule has 2 aromatic heterocycles. The van der Waals surface area contributed by atoms with Crippen molar-refractivity contribution in [2.75, 3.05) is 5.32 Å². The third-order valence-corrected chi connectivity index (χ3v) is 5.40. The molecule has 0 radical (unpaired) electrons. The van der Waals surface area contributed by atoms with Crippen LogP contribution in [0.5, 0.6) is 5.75 Å². The van der Waals surface area contributed by atoms with Gasteiger partial charge in [-0.3, -0.25) is 14.3 Å². The molecule has 0 aliphatic carbocycles. The van der Waals surface area contributed by atoms with E-state index in [0.29, 0.717) is 34.5 Å². The average molecular weight is 464 g/mol. The summed E-state index contributed by atoms with van der Waals surface area (Å²) in [4.78, 5) is 23.9. The van der Waals surface area contributed by atoms with Crippen LogP contribution in [-0.4, -0.2) is 21.5 Å². The summed E-state index contributed by atoms with van der Waals surface area (Å²) in [6.07, 6.45) is 0. The van der Waals surface area contributed by atoms with Gasteiger partial charge in [0.15, 0.2) is 17.4 Å². The Labute approximate surface area is 195 Å². The van der Waals surface area contributed by atoms with E-state index in [2.05, 4.69) is 10.4 Å². The molecule has 0 fully saturated rings. The molecule has 0 bridgehead atoms. The zero-order chi connectivity index (χ0) is 23.4. The maximum atomic E-state index is 12.6. The molecule has 4 rings (SSSR count). The molecule has 0 unspecified atom stereocenters. The molecule has 1 amide bonds. The summed E-state index contributed by atoms with van der Waals surface area (Å²) in [5.41, 5.74) is 2.44. The van der Waals surface area contributed by atoms with Crippen LogP contribution < -0.4 is 10.1 Å². The third kappa shape index (κ3) is 5.51. The number of halogens is 1. The van der Waals surface area contributed by atoms with Gasteiger partial charge in [0.05, 0.1) is 6.54 Å². The third-order valence-electron chi connectivity index (χ3n) is 5.03. The van der Waals surface area contributed by atoms with Crippen molar-refractivity contribution in [3.63, 3.8) is 0 Å². The number of carbonyl (C=O) groups is 2. The maximum Gasteiger partial charge on any atom is 0.292 e. The fourth-order valence-corrected chi connectivity index (χ4v) is 3.41. The average Bonchev–Trinajstić information content (AvgIpc) is 3.41. The van der Waals surface area contributed by atoms with Crippen LogP contribution in [0.2, 0.25) is 5.02 Å². The van der Waals surface area contributed by atoms with Gasteiger partial charge in [-0.1, -0.05) is 29.8 Å². The van der Waals surface area contributed by atoms with E-state index in [-0.39, 0.29) is 18.2 Å². The summed E-state index contributed by atoms with van der Waals surface area (Å²) in [6, 6.07) is 19.4. The fraction of sp³-hybridized carbons (Fsp3) is 0.160. The van der Waals surface area contributed by atoms with Crippen molar-refractivity contribution < 1.29 is 18.7 Å². The van der Waals surface area contributed by atoms with Gasteiger partial charge in [0.1, 0.15) is 18.1 Å². The van der Waals surface area contributed by atoms with Crippen LogP contribution in [0.4, 0.5) is 5.82 Å². The fourth-order valence-electron chi connectivity index (χ4n) is 3.22. The Kier molecular flexibility index (Phi) is 6.60. The predicted molar refractivity (Wildman–Crippen MR) is 125 cm³/mol. The molecule has 33 heavy (non-hydrogen) atoms. The zero-order valence-electron chi connectivity index (χ0n) is 18.2. The molecule has 1 N–H and O–H groups in total. The molecule has 0 atom stereocenters. The number of nitrogens with zero attached hydrogens (tertiary/aromatic N) is 2. The van der Waals surface area contributed by atoms with E-state index < -0.39 is 5.91 Å². The monoisotopic (exact) mass is 463 g/mol. The van der Waals surface area contributed by atoms with Gasteiger partial charge < -0.3 is 14.5 Å². The van der Waals surface area contributed by atoms with Crippen LogP contribution in [0.3, 0.4) is 0 Å². The number of aryl methyl sites for hydroxylation is 1. The Morgan fingerprint density at radius 1 is 1.09 bits per heavy atom. The lowest BCUT2D eigenvalue weighted by Crippen LogP contribution is -2.12. The van der Waals surface area contributed by atoms with E-state index >= 15 is 0 Å². The van der Waals surface area contributed by atoms with Crippen molar-refractivity contribution in [2.24, 2.45) is 0 Å². The lowest BCUT2D eigenvalue weighted by Gasteiger charge is -2.06. The lowest BCUT2D eigenvalue weighted by molar-refractivity contribution is 0.0990. The summed E-state index contributed by atoms with van der Waals surface area (Å²) >= 11 is 6.24. The first-order valence-electron chi connectivity index (χ1n) is 10.3. The molecule has 7 nitrogen and oxygen atoms in total. The van der Waals surface area contributed by atoms with Crippen molar-refractivity contribution in [1.82, 2.24) is 9.78 Å². The second kappa shape index (κ2) is 9.75. The Hall–Kier alpha value is -3.84. The van der Waals surface area contributed by atoms with Gasteiger partial charge >= 0.3 is 0 Å². The van der Waals surface area contributed by atoms with Gasteiger partial charge in [0.25, 0.3) is 5.91 Å². The summed E-state index contributed by atoms with van der Waals surface area (Å²) in [5, 5.41) is 7.87. The standard InChI is InChI=1S/C25H22ClN3O4/c1-16-13-24(28-29(16)14-19-5-3-4-6-22(19)26)27-25(31)23-12-11-21(33-23)15-32-20-9-7-18(8-10-20)17(2)30/h3-13H,14-15H2,1-2H3,(H,27,28,31). The second-order valence-corrected chi connectivity index (χ2v) is 7.92. The SMILES string of the molecule is CC(=O)c1ccc(OCc2ccc(C(=O)Nc3cc(C)n(Cc4ccccc4Cl)n3)o2)cc1. The molecule has 2 heterocycles. The van der Waals surface area contributed by atoms with Crippen LogP contribution in [0.15, 0.2) is 71.1 Å². The first-order chi connectivity index (χ1) is 15.9. The lowest BCUT2D eigenvalue weighted by atomic mass is 10.1. The highest BCUT2D eigenvalue weighted by molar-refractivity contribution is 6.31. The van der Waals surface area contributed by atoms with Crippen molar-refractivity contribution in [2.45, 2.75) is 27.0 Å². The number of rotatable bonds is 8. The highest BCUT2D eigenvalue weighted by Crippen LogP contribution is 2.19. The molecular formula is C25H22ClN3O4. The Morgan fingerprint density at radius 2 is 1.85 bits per heavy atom. The number of Topliss-reactive ketones (excluding diaryl/α,β-unsaturated/α-hetero) is 1. The summed E-state index contributed by atoms with van der Waals surface area (Å²) in [6.45, 7) is 4.07. The largest absolute Gasteiger partial charge is 0.486 e. The Bertz CT molecular complexity index is 1290. The number of anilines is 1. The topological polar surface area (TPSA) is 86.4 Å². The number of ether oxygens (including phenoxy) is 1. The molecule has 0 aliphatic heterocycles. The van der Waals surface area contributed by atoms with E-state index in [1.54, 1.807) is 47.1 Å². The molecule has 4 aromatic rings. The van der Waals surface area contributed by atoms with Gasteiger partial charge in [0.2, 0.25) is 0 Å². The van der Waals surface area contributed by atoms with Gasteiger partial charge in [-0.15, -0.1) is 0 Å². The zero-order valence-corrected chi connectivity index (χ0v) is 18.9. The predicted octanol–water partition coefficient (Wildman–Crippen LogP) is 5.52. The van der Waals surface area contributed by atoms with Crippen molar-refractivity contribution in [1.29, 1.82) is 0 Å². The molecular weight excluding hydrogens is 442 g/mol. The van der Waals surface area contributed by atoms with E-state index in [1.807, 2.05) is 31.2 Å². The first-order valence-corrected chi connectivity index (χ1v) is 10.7. The number of benzene rings is 2. The van der Waals surface area contributed by atoms with Crippen molar-refractivity contribution in [3.05, 3.63) is 100 Å². The van der Waals surface area contributed by atoms with Gasteiger partial charge in [-0.2, -0.15) is 5.10 Å². The van der Waals surface area contributed by atoms with E-state index in [9.17, 15) is 9.59 Å². The molecule has 0 saturated heterocycles. The van der Waals surface area contributed by atoms with Gasteiger partial charge in [0, 0.05) is 22.3 Å². The minimum Gasteiger partial charge on any atom is -0.486 e. The van der Waals surface area contributed by atoms with Crippen LogP contribution in [0.25, 0.3) is 0 Å². The van der Waals surface area contributed by atoms with Gasteiger partial charge in [-0.05, 0) is 61.9 Å². The second-order valence-electron chi connectivity index (χ2n) is 7.51. The molecule has 8 heteroatoms. The summed E-state index contributed by atoms with van der Waals surface area (Å²) in [5.74, 6) is 1.25. The normalized spacial score (nSPS) is 10.8. The number of ketones is 1. The number of amides is 1. The molecule has 0 aliphatic rings. The van der Waals surface area contributed by atoms with Crippen LogP contribution in [0, 0.1) is 6.92 Å². The Balaban J connectivity index is 1.36. The molecule has 0 saturated carbocycles. The Morgan fingerprint density at radius 3 is 2.58 bits per heavy atom. The molecule has 168 valence electrons. The van der Waals surface area contributed by atoms with E-state index in [0.717, 1.165) is 11.3 Å². The first kappa shape index (κ1) is 22.4. The number of hydrogen-bond acceptors (Lipinski definition) is 5. The summed E-state index contributed by atoms with van der Waals surface area (Å²) in [7, 11) is 0. The molecule has 2 aromatic carbocycles. The minimum atomic E-state index is -0.408. The maximum absolute atomic E-state index is 12.6. The van der Waals surface area contributed by atoms with Crippen LogP contribution in [0.1, 0.15) is 44.9 Å². The number of hydrogen-bond donors (Lipinski definition) is 1. The van der Waals surface area contributed by atoms with Crippen LogP contribution >= 0.6 is 11.6 Å². The number of furan rings is 1. The highest BCUT2D eigenvalue weighted by atomic mass is 35.5. The quantitative estimate of drug-likeness (QED) is 0.348. The number of aromatic nitrogens is 2. The number of nitrogens with one attached hydrogen (secondary N) is 1. The smallest absolute Gasteiger partial charge is 0.292 e.